The van der Waals surface area contributed by atoms with Crippen LogP contribution in [0.5, 0.6) is 0 Å². The van der Waals surface area contributed by atoms with E-state index in [2.05, 4.69) is 20.7 Å². The van der Waals surface area contributed by atoms with Crippen LogP contribution in [-0.2, 0) is 16.1 Å². The normalized spacial score (nSPS) is 10.7. The van der Waals surface area contributed by atoms with E-state index in [1.54, 1.807) is 29.3 Å². The molecule has 136 valence electrons. The van der Waals surface area contributed by atoms with E-state index in [4.69, 9.17) is 0 Å². The molecule has 2 aromatic heterocycles. The van der Waals surface area contributed by atoms with Crippen molar-refractivity contribution in [1.82, 2.24) is 25.4 Å². The van der Waals surface area contributed by atoms with Gasteiger partial charge in [-0.25, -0.2) is 9.67 Å². The van der Waals surface area contributed by atoms with Crippen LogP contribution in [0.1, 0.15) is 11.1 Å². The van der Waals surface area contributed by atoms with E-state index in [0.717, 1.165) is 11.1 Å². The molecule has 0 saturated carbocycles. The van der Waals surface area contributed by atoms with Gasteiger partial charge in [0.05, 0.1) is 6.54 Å². The molecule has 0 unspecified atom stereocenters. The first-order chi connectivity index (χ1) is 13.2. The molecule has 0 radical (unpaired) electrons. The Balaban J connectivity index is 1.44. The number of benzene rings is 1. The molecule has 27 heavy (non-hydrogen) atoms. The summed E-state index contributed by atoms with van der Waals surface area (Å²) in [6, 6.07) is 14.9. The predicted octanol–water partition coefficient (Wildman–Crippen LogP) is 1.71. The molecule has 2 heterocycles. The summed E-state index contributed by atoms with van der Waals surface area (Å²) in [4.78, 5) is 27.9. The smallest absolute Gasteiger partial charge is 0.244 e. The fraction of sp³-hybridized carbons (Fsp3) is 0.100. The van der Waals surface area contributed by atoms with E-state index in [1.165, 1.54) is 6.08 Å². The van der Waals surface area contributed by atoms with E-state index < -0.39 is 0 Å². The number of aromatic nitrogens is 3. The summed E-state index contributed by atoms with van der Waals surface area (Å²) in [6.07, 6.45) is 8.23. The van der Waals surface area contributed by atoms with Crippen LogP contribution in [-0.4, -0.2) is 33.1 Å². The van der Waals surface area contributed by atoms with Crippen molar-refractivity contribution >= 4 is 17.9 Å². The summed E-state index contributed by atoms with van der Waals surface area (Å²) in [6.45, 7) is 0.250. The number of carbonyl (C=O) groups excluding carboxylic acids is 2. The highest BCUT2D eigenvalue weighted by molar-refractivity contribution is 5.94. The topological polar surface area (TPSA) is 88.9 Å². The van der Waals surface area contributed by atoms with Crippen molar-refractivity contribution in [3.05, 3.63) is 84.3 Å². The lowest BCUT2D eigenvalue weighted by molar-refractivity contribution is -0.124. The average Bonchev–Trinajstić information content (AvgIpc) is 3.25. The summed E-state index contributed by atoms with van der Waals surface area (Å²) >= 11 is 0. The van der Waals surface area contributed by atoms with Gasteiger partial charge in [0.25, 0.3) is 0 Å². The van der Waals surface area contributed by atoms with Crippen molar-refractivity contribution in [3.63, 3.8) is 0 Å². The molecule has 0 atom stereocenters. The van der Waals surface area contributed by atoms with E-state index in [0.29, 0.717) is 12.4 Å². The van der Waals surface area contributed by atoms with E-state index >= 15 is 0 Å². The van der Waals surface area contributed by atoms with Crippen molar-refractivity contribution < 1.29 is 9.59 Å². The van der Waals surface area contributed by atoms with Gasteiger partial charge in [0, 0.05) is 31.2 Å². The molecule has 0 fully saturated rings. The number of nitrogens with zero attached hydrogens (tertiary/aromatic N) is 3. The van der Waals surface area contributed by atoms with Crippen LogP contribution in [0.2, 0.25) is 0 Å². The van der Waals surface area contributed by atoms with Gasteiger partial charge in [-0.05, 0) is 35.4 Å². The molecule has 2 amide bonds. The first-order valence-electron chi connectivity index (χ1n) is 8.43. The number of rotatable bonds is 7. The second-order valence-electron chi connectivity index (χ2n) is 5.71. The standard InChI is InChI=1S/C20H19N5O2/c26-19(8-7-16-5-2-1-3-6-16)23-15-20(27)22-14-17-9-11-21-18(13-17)25-12-4-10-24-25/h1-13H,14-15H2,(H,22,27)(H,23,26)/b8-7+. The van der Waals surface area contributed by atoms with E-state index in [1.807, 2.05) is 48.5 Å². The van der Waals surface area contributed by atoms with Gasteiger partial charge in [0.2, 0.25) is 11.8 Å². The first-order valence-corrected chi connectivity index (χ1v) is 8.43. The highest BCUT2D eigenvalue weighted by atomic mass is 16.2. The highest BCUT2D eigenvalue weighted by Gasteiger charge is 2.05. The Morgan fingerprint density at radius 2 is 1.89 bits per heavy atom. The molecule has 2 N–H and O–H groups in total. The average molecular weight is 361 g/mol. The Kier molecular flexibility index (Phi) is 6.08. The van der Waals surface area contributed by atoms with Crippen molar-refractivity contribution in [3.8, 4) is 5.82 Å². The SMILES string of the molecule is O=C(/C=C/c1ccccc1)NCC(=O)NCc1ccnc(-n2cccn2)c1. The van der Waals surface area contributed by atoms with Gasteiger partial charge in [-0.2, -0.15) is 5.10 Å². The summed E-state index contributed by atoms with van der Waals surface area (Å²) in [5, 5.41) is 9.45. The molecule has 0 spiro atoms. The van der Waals surface area contributed by atoms with E-state index in [-0.39, 0.29) is 18.4 Å². The summed E-state index contributed by atoms with van der Waals surface area (Å²) in [5.74, 6) is 0.0823. The highest BCUT2D eigenvalue weighted by Crippen LogP contribution is 2.06. The second kappa shape index (κ2) is 9.10. The molecule has 3 rings (SSSR count). The Labute approximate surface area is 156 Å². The zero-order valence-corrected chi connectivity index (χ0v) is 14.6. The van der Waals surface area contributed by atoms with Crippen LogP contribution in [0.4, 0.5) is 0 Å². The molecule has 0 saturated heterocycles. The third kappa shape index (κ3) is 5.64. The maximum atomic E-state index is 11.9. The first kappa shape index (κ1) is 18.1. The minimum Gasteiger partial charge on any atom is -0.350 e. The molecule has 0 aliphatic carbocycles. The van der Waals surface area contributed by atoms with Gasteiger partial charge < -0.3 is 10.6 Å². The van der Waals surface area contributed by atoms with Gasteiger partial charge in [0.15, 0.2) is 5.82 Å². The molecule has 0 aliphatic rings. The van der Waals surface area contributed by atoms with Crippen LogP contribution < -0.4 is 10.6 Å². The van der Waals surface area contributed by atoms with Crippen molar-refractivity contribution in [2.24, 2.45) is 0 Å². The Hall–Kier alpha value is -3.74. The minimum absolute atomic E-state index is 0.0882. The van der Waals surface area contributed by atoms with Crippen molar-refractivity contribution in [1.29, 1.82) is 0 Å². The predicted molar refractivity (Wildman–Crippen MR) is 102 cm³/mol. The Bertz CT molecular complexity index is 921. The monoisotopic (exact) mass is 361 g/mol. The Morgan fingerprint density at radius 3 is 2.67 bits per heavy atom. The van der Waals surface area contributed by atoms with Crippen molar-refractivity contribution in [2.45, 2.75) is 6.54 Å². The molecule has 7 heteroatoms. The number of hydrogen-bond acceptors (Lipinski definition) is 4. The lowest BCUT2D eigenvalue weighted by Gasteiger charge is -2.07. The van der Waals surface area contributed by atoms with Gasteiger partial charge in [-0.3, -0.25) is 9.59 Å². The molecular weight excluding hydrogens is 342 g/mol. The third-order valence-corrected chi connectivity index (χ3v) is 3.69. The minimum atomic E-state index is -0.320. The number of hydrogen-bond donors (Lipinski definition) is 2. The molecule has 7 nitrogen and oxygen atoms in total. The summed E-state index contributed by atoms with van der Waals surface area (Å²) in [5.41, 5.74) is 1.81. The second-order valence-corrected chi connectivity index (χ2v) is 5.71. The molecule has 1 aromatic carbocycles. The number of nitrogens with one attached hydrogen (secondary N) is 2. The Morgan fingerprint density at radius 1 is 1.04 bits per heavy atom. The maximum absolute atomic E-state index is 11.9. The summed E-state index contributed by atoms with van der Waals surface area (Å²) in [7, 11) is 0. The van der Waals surface area contributed by atoms with Crippen LogP contribution in [0.25, 0.3) is 11.9 Å². The van der Waals surface area contributed by atoms with Crippen LogP contribution >= 0.6 is 0 Å². The van der Waals surface area contributed by atoms with Crippen LogP contribution in [0.3, 0.4) is 0 Å². The zero-order chi connectivity index (χ0) is 18.9. The van der Waals surface area contributed by atoms with Gasteiger partial charge >= 0.3 is 0 Å². The fourth-order valence-corrected chi connectivity index (χ4v) is 2.33. The van der Waals surface area contributed by atoms with Crippen LogP contribution in [0.15, 0.2) is 73.2 Å². The number of carbonyl (C=O) groups is 2. The number of pyridine rings is 1. The van der Waals surface area contributed by atoms with Crippen molar-refractivity contribution in [2.75, 3.05) is 6.54 Å². The lowest BCUT2D eigenvalue weighted by Crippen LogP contribution is -2.35. The summed E-state index contributed by atoms with van der Waals surface area (Å²) < 4.78 is 1.64. The lowest BCUT2D eigenvalue weighted by atomic mass is 10.2. The molecular formula is C20H19N5O2. The zero-order valence-electron chi connectivity index (χ0n) is 14.6. The van der Waals surface area contributed by atoms with Gasteiger partial charge in [-0.15, -0.1) is 0 Å². The van der Waals surface area contributed by atoms with Crippen LogP contribution in [0, 0.1) is 0 Å². The van der Waals surface area contributed by atoms with Gasteiger partial charge in [-0.1, -0.05) is 30.3 Å². The largest absolute Gasteiger partial charge is 0.350 e. The molecule has 0 bridgehead atoms. The quantitative estimate of drug-likeness (QED) is 0.627. The molecule has 3 aromatic rings. The fourth-order valence-electron chi connectivity index (χ4n) is 2.33. The number of amides is 2. The molecule has 0 aliphatic heterocycles. The van der Waals surface area contributed by atoms with Gasteiger partial charge in [0.1, 0.15) is 0 Å². The maximum Gasteiger partial charge on any atom is 0.244 e. The van der Waals surface area contributed by atoms with E-state index in [9.17, 15) is 9.59 Å². The third-order valence-electron chi connectivity index (χ3n) is 3.69.